The van der Waals surface area contributed by atoms with Crippen LogP contribution in [-0.2, 0) is 0 Å². The Labute approximate surface area is 363 Å². The highest BCUT2D eigenvalue weighted by Crippen LogP contribution is 2.52. The largest absolute Gasteiger partial charge is 0.308 e. The van der Waals surface area contributed by atoms with Crippen molar-refractivity contribution in [2.45, 2.75) is 19.6 Å². The molecule has 3 aromatic heterocycles. The van der Waals surface area contributed by atoms with Gasteiger partial charge in [-0.15, -0.1) is 22.7 Å². The van der Waals surface area contributed by atoms with Gasteiger partial charge < -0.3 is 4.57 Å². The van der Waals surface area contributed by atoms with Crippen LogP contribution in [0.2, 0.25) is 0 Å². The van der Waals surface area contributed by atoms with Crippen molar-refractivity contribution in [1.82, 2.24) is 4.57 Å². The molecular weight excluding hydrogens is 802 g/mol. The van der Waals surface area contributed by atoms with Gasteiger partial charge in [-0.05, 0) is 70.2 Å². The van der Waals surface area contributed by atoms with E-state index in [9.17, 15) is 0 Å². The molecule has 278 valence electrons. The SMILES string of the molecule is c1ccc(-c2ccc3c(c2)Sc2cc(-n4c5ccccc5c5c6sc7ccccc7c6c6sc7ccccc7c6c54)cc4c2B3c2ccc(-c3ccccc3)cc2S4)cc1. The summed E-state index contributed by atoms with van der Waals surface area (Å²) in [6, 6.07) is 68.2. The first-order valence-corrected chi connectivity index (χ1v) is 23.6. The molecule has 5 heterocycles. The number of nitrogens with zero attached hydrogens (tertiary/aromatic N) is 1. The van der Waals surface area contributed by atoms with Crippen molar-refractivity contribution in [3.05, 3.63) is 182 Å². The van der Waals surface area contributed by atoms with Gasteiger partial charge in [-0.25, -0.2) is 0 Å². The number of aromatic nitrogens is 1. The minimum atomic E-state index is 0.148. The molecule has 0 unspecified atom stereocenters. The number of fused-ring (bicyclic) bond motifs is 16. The second kappa shape index (κ2) is 12.7. The van der Waals surface area contributed by atoms with Crippen LogP contribution in [0.15, 0.2) is 202 Å². The zero-order valence-electron chi connectivity index (χ0n) is 32.0. The molecule has 0 saturated heterocycles. The Morgan fingerprint density at radius 1 is 0.383 bits per heavy atom. The molecule has 0 aliphatic carbocycles. The fourth-order valence-corrected chi connectivity index (χ4v) is 15.3. The highest BCUT2D eigenvalue weighted by atomic mass is 32.2. The molecule has 0 saturated carbocycles. The van der Waals surface area contributed by atoms with Gasteiger partial charge in [0.2, 0.25) is 6.71 Å². The second-order valence-electron chi connectivity index (χ2n) is 15.9. The Morgan fingerprint density at radius 3 is 1.45 bits per heavy atom. The van der Waals surface area contributed by atoms with Gasteiger partial charge in [-0.2, -0.15) is 0 Å². The van der Waals surface area contributed by atoms with E-state index in [1.807, 2.05) is 46.2 Å². The van der Waals surface area contributed by atoms with E-state index in [0.29, 0.717) is 0 Å². The zero-order valence-corrected chi connectivity index (χ0v) is 35.2. The van der Waals surface area contributed by atoms with E-state index < -0.39 is 0 Å². The van der Waals surface area contributed by atoms with E-state index in [4.69, 9.17) is 0 Å². The first-order valence-electron chi connectivity index (χ1n) is 20.4. The predicted molar refractivity (Wildman–Crippen MR) is 263 cm³/mol. The van der Waals surface area contributed by atoms with E-state index in [1.165, 1.54) is 126 Å². The molecule has 14 rings (SSSR count). The third kappa shape index (κ3) is 4.73. The van der Waals surface area contributed by atoms with Crippen LogP contribution in [0.3, 0.4) is 0 Å². The molecule has 0 N–H and O–H groups in total. The normalized spacial score (nSPS) is 13.2. The number of rotatable bonds is 3. The molecule has 0 bridgehead atoms. The number of para-hydroxylation sites is 1. The summed E-state index contributed by atoms with van der Waals surface area (Å²) >= 11 is 7.79. The van der Waals surface area contributed by atoms with E-state index >= 15 is 0 Å². The number of thiophene rings is 2. The summed E-state index contributed by atoms with van der Waals surface area (Å²) < 4.78 is 8.06. The molecule has 60 heavy (non-hydrogen) atoms. The molecular formula is C54H30BNS4. The van der Waals surface area contributed by atoms with Gasteiger partial charge in [-0.1, -0.05) is 174 Å². The van der Waals surface area contributed by atoms with Crippen molar-refractivity contribution in [1.29, 1.82) is 0 Å². The molecule has 2 aliphatic rings. The summed E-state index contributed by atoms with van der Waals surface area (Å²) in [5.74, 6) is 0. The lowest BCUT2D eigenvalue weighted by atomic mass is 9.36. The molecule has 0 amide bonds. The lowest BCUT2D eigenvalue weighted by molar-refractivity contribution is 1.15. The number of hydrogen-bond acceptors (Lipinski definition) is 4. The molecule has 0 atom stereocenters. The van der Waals surface area contributed by atoms with Gasteiger partial charge >= 0.3 is 0 Å². The van der Waals surface area contributed by atoms with Crippen LogP contribution < -0.4 is 16.4 Å². The number of benzene rings is 9. The average molecular weight is 832 g/mol. The highest BCUT2D eigenvalue weighted by molar-refractivity contribution is 8.01. The second-order valence-corrected chi connectivity index (χ2v) is 20.2. The lowest BCUT2D eigenvalue weighted by Crippen LogP contribution is -2.58. The van der Waals surface area contributed by atoms with E-state index in [1.54, 1.807) is 0 Å². The fraction of sp³-hybridized carbons (Fsp3) is 0. The van der Waals surface area contributed by atoms with Gasteiger partial charge in [0.05, 0.1) is 11.0 Å². The third-order valence-corrected chi connectivity index (χ3v) is 17.3. The predicted octanol–water partition coefficient (Wildman–Crippen LogP) is 14.3. The monoisotopic (exact) mass is 831 g/mol. The maximum atomic E-state index is 2.62. The van der Waals surface area contributed by atoms with Crippen LogP contribution in [0.25, 0.3) is 90.1 Å². The Balaban J connectivity index is 1.08. The van der Waals surface area contributed by atoms with Crippen LogP contribution in [0.1, 0.15) is 0 Å². The van der Waals surface area contributed by atoms with Crippen LogP contribution >= 0.6 is 46.2 Å². The third-order valence-electron chi connectivity index (χ3n) is 12.7. The van der Waals surface area contributed by atoms with Crippen molar-refractivity contribution in [2.24, 2.45) is 0 Å². The minimum absolute atomic E-state index is 0.148. The molecule has 0 fully saturated rings. The van der Waals surface area contributed by atoms with Crippen LogP contribution in [-0.4, -0.2) is 11.3 Å². The van der Waals surface area contributed by atoms with Crippen LogP contribution in [0.5, 0.6) is 0 Å². The summed E-state index contributed by atoms with van der Waals surface area (Å²) in [7, 11) is 0. The molecule has 2 aliphatic heterocycles. The molecule has 0 radical (unpaired) electrons. The Bertz CT molecular complexity index is 3640. The smallest absolute Gasteiger partial charge is 0.247 e. The molecule has 0 spiro atoms. The molecule has 1 nitrogen and oxygen atoms in total. The first kappa shape index (κ1) is 33.8. The maximum Gasteiger partial charge on any atom is 0.247 e. The number of hydrogen-bond donors (Lipinski definition) is 0. The Kier molecular flexibility index (Phi) is 7.18. The molecule has 9 aromatic carbocycles. The molecule has 12 aromatic rings. The van der Waals surface area contributed by atoms with Crippen molar-refractivity contribution in [3.63, 3.8) is 0 Å². The quantitative estimate of drug-likeness (QED) is 0.163. The highest BCUT2D eigenvalue weighted by Gasteiger charge is 2.39. The van der Waals surface area contributed by atoms with E-state index in [-0.39, 0.29) is 6.71 Å². The summed E-state index contributed by atoms with van der Waals surface area (Å²) in [5.41, 5.74) is 13.0. The lowest BCUT2D eigenvalue weighted by Gasteiger charge is -2.34. The fourth-order valence-electron chi connectivity index (χ4n) is 10.1. The average Bonchev–Trinajstić information content (AvgIpc) is 3.99. The van der Waals surface area contributed by atoms with Crippen LogP contribution in [0, 0.1) is 0 Å². The Hall–Kier alpha value is -6.02. The minimum Gasteiger partial charge on any atom is -0.308 e. The topological polar surface area (TPSA) is 4.93 Å². The van der Waals surface area contributed by atoms with Gasteiger partial charge in [0.1, 0.15) is 0 Å². The van der Waals surface area contributed by atoms with Crippen molar-refractivity contribution < 1.29 is 0 Å². The standard InChI is InChI=1S/C54H30BNS4/c1-3-13-31(14-4-1)33-23-25-39-44(27-33)57-46-29-35(30-47-51(46)55(39)40-26-24-34(28-45(40)58-47)32-15-5-2-6-16-32)56-41-20-10-7-17-36(41)48-52(56)49-37-18-8-11-21-42(37)59-54(49)50-38-19-9-12-22-43(38)60-53(48)50/h1-30H. The summed E-state index contributed by atoms with van der Waals surface area (Å²) in [5, 5.41) is 8.11. The van der Waals surface area contributed by atoms with Gasteiger partial charge in [0, 0.05) is 76.4 Å². The Morgan fingerprint density at radius 2 is 0.867 bits per heavy atom. The van der Waals surface area contributed by atoms with E-state index in [2.05, 4.69) is 187 Å². The maximum absolute atomic E-state index is 2.62. The van der Waals surface area contributed by atoms with Gasteiger partial charge in [0.15, 0.2) is 0 Å². The summed E-state index contributed by atoms with van der Waals surface area (Å²) in [6.45, 7) is 0.148. The zero-order chi connectivity index (χ0) is 39.1. The summed E-state index contributed by atoms with van der Waals surface area (Å²) in [6.07, 6.45) is 0. The van der Waals surface area contributed by atoms with Crippen molar-refractivity contribution in [3.8, 4) is 27.9 Å². The summed E-state index contributed by atoms with van der Waals surface area (Å²) in [4.78, 5) is 5.36. The van der Waals surface area contributed by atoms with Crippen LogP contribution in [0.4, 0.5) is 0 Å². The van der Waals surface area contributed by atoms with Crippen molar-refractivity contribution >= 4 is 131 Å². The molecule has 6 heteroatoms. The van der Waals surface area contributed by atoms with Gasteiger partial charge in [-0.3, -0.25) is 0 Å². The van der Waals surface area contributed by atoms with Gasteiger partial charge in [0.25, 0.3) is 0 Å². The van der Waals surface area contributed by atoms with E-state index in [0.717, 1.165) is 0 Å². The first-order chi connectivity index (χ1) is 29.7. The van der Waals surface area contributed by atoms with Crippen molar-refractivity contribution in [2.75, 3.05) is 0 Å².